The Morgan fingerprint density at radius 2 is 2.27 bits per heavy atom. The van der Waals surface area contributed by atoms with E-state index in [1.807, 2.05) is 6.92 Å². The minimum absolute atomic E-state index is 0.394. The van der Waals surface area contributed by atoms with Gasteiger partial charge in [0.15, 0.2) is 0 Å². The van der Waals surface area contributed by atoms with Crippen LogP contribution in [0.5, 0.6) is 0 Å². The molecule has 0 amide bonds. The van der Waals surface area contributed by atoms with Crippen LogP contribution in [0.4, 0.5) is 0 Å². The fourth-order valence-corrected chi connectivity index (χ4v) is 1.50. The van der Waals surface area contributed by atoms with Crippen molar-refractivity contribution in [3.8, 4) is 0 Å². The maximum Gasteiger partial charge on any atom is 0.0547 e. The topological polar surface area (TPSA) is 21.3 Å². The van der Waals surface area contributed by atoms with Gasteiger partial charge in [-0.3, -0.25) is 0 Å². The SMILES string of the molecule is C=C(C)CCOC(C)CCCNC1CC1. The van der Waals surface area contributed by atoms with E-state index in [2.05, 4.69) is 18.8 Å². The van der Waals surface area contributed by atoms with Gasteiger partial charge in [0.05, 0.1) is 12.7 Å². The number of rotatable bonds is 9. The zero-order valence-corrected chi connectivity index (χ0v) is 10.2. The van der Waals surface area contributed by atoms with Crippen molar-refractivity contribution >= 4 is 0 Å². The zero-order valence-electron chi connectivity index (χ0n) is 10.2. The van der Waals surface area contributed by atoms with Gasteiger partial charge in [-0.2, -0.15) is 0 Å². The molecule has 0 spiro atoms. The van der Waals surface area contributed by atoms with E-state index in [1.165, 1.54) is 24.8 Å². The highest BCUT2D eigenvalue weighted by Gasteiger charge is 2.19. The van der Waals surface area contributed by atoms with Crippen LogP contribution in [-0.4, -0.2) is 25.3 Å². The number of nitrogens with one attached hydrogen (secondary N) is 1. The first-order valence-electron chi connectivity index (χ1n) is 6.18. The van der Waals surface area contributed by atoms with Crippen LogP contribution in [0.1, 0.15) is 46.0 Å². The minimum Gasteiger partial charge on any atom is -0.378 e. The fraction of sp³-hybridized carbons (Fsp3) is 0.846. The lowest BCUT2D eigenvalue weighted by molar-refractivity contribution is 0.0612. The average Bonchev–Trinajstić information content (AvgIpc) is 2.95. The lowest BCUT2D eigenvalue weighted by Gasteiger charge is -2.13. The Kier molecular flexibility index (Phi) is 5.96. The largest absolute Gasteiger partial charge is 0.378 e. The summed E-state index contributed by atoms with van der Waals surface area (Å²) in [5.41, 5.74) is 1.21. The Morgan fingerprint density at radius 1 is 1.53 bits per heavy atom. The van der Waals surface area contributed by atoms with Gasteiger partial charge in [-0.05, 0) is 52.5 Å². The van der Waals surface area contributed by atoms with Crippen molar-refractivity contribution in [2.75, 3.05) is 13.2 Å². The molecule has 0 aromatic heterocycles. The highest BCUT2D eigenvalue weighted by atomic mass is 16.5. The van der Waals surface area contributed by atoms with Crippen molar-refractivity contribution in [3.63, 3.8) is 0 Å². The van der Waals surface area contributed by atoms with Crippen LogP contribution in [0.3, 0.4) is 0 Å². The first-order chi connectivity index (χ1) is 7.18. The molecular weight excluding hydrogens is 186 g/mol. The summed E-state index contributed by atoms with van der Waals surface area (Å²) in [7, 11) is 0. The van der Waals surface area contributed by atoms with Crippen LogP contribution in [-0.2, 0) is 4.74 Å². The van der Waals surface area contributed by atoms with Gasteiger partial charge >= 0.3 is 0 Å². The second-order valence-electron chi connectivity index (χ2n) is 4.76. The third-order valence-corrected chi connectivity index (χ3v) is 2.73. The zero-order chi connectivity index (χ0) is 11.1. The molecule has 15 heavy (non-hydrogen) atoms. The molecule has 2 heteroatoms. The number of ether oxygens (including phenoxy) is 1. The van der Waals surface area contributed by atoms with Gasteiger partial charge in [0.2, 0.25) is 0 Å². The van der Waals surface area contributed by atoms with E-state index in [0.717, 1.165) is 32.0 Å². The van der Waals surface area contributed by atoms with Crippen molar-refractivity contribution in [1.29, 1.82) is 0 Å². The molecule has 1 rings (SSSR count). The van der Waals surface area contributed by atoms with Crippen LogP contribution in [0.2, 0.25) is 0 Å². The van der Waals surface area contributed by atoms with Crippen LogP contribution in [0.25, 0.3) is 0 Å². The predicted octanol–water partition coefficient (Wildman–Crippen LogP) is 2.89. The molecule has 0 aromatic carbocycles. The van der Waals surface area contributed by atoms with Crippen LogP contribution < -0.4 is 5.32 Å². The van der Waals surface area contributed by atoms with Gasteiger partial charge in [0, 0.05) is 6.04 Å². The van der Waals surface area contributed by atoms with Gasteiger partial charge in [0.25, 0.3) is 0 Å². The molecule has 1 atom stereocenters. The third kappa shape index (κ3) is 7.57. The standard InChI is InChI=1S/C13H25NO/c1-11(2)8-10-15-12(3)5-4-9-14-13-6-7-13/h12-14H,1,4-10H2,2-3H3. The quantitative estimate of drug-likeness (QED) is 0.468. The molecule has 0 radical (unpaired) electrons. The number of hydrogen-bond acceptors (Lipinski definition) is 2. The molecule has 0 aromatic rings. The summed E-state index contributed by atoms with van der Waals surface area (Å²) in [5, 5.41) is 3.52. The Labute approximate surface area is 94.1 Å². The highest BCUT2D eigenvalue weighted by Crippen LogP contribution is 2.18. The van der Waals surface area contributed by atoms with Crippen molar-refractivity contribution in [3.05, 3.63) is 12.2 Å². The summed E-state index contributed by atoms with van der Waals surface area (Å²) >= 11 is 0. The molecule has 88 valence electrons. The highest BCUT2D eigenvalue weighted by molar-refractivity contribution is 4.87. The molecule has 2 nitrogen and oxygen atoms in total. The van der Waals surface area contributed by atoms with Crippen molar-refractivity contribution < 1.29 is 4.74 Å². The van der Waals surface area contributed by atoms with E-state index in [1.54, 1.807) is 0 Å². The summed E-state index contributed by atoms with van der Waals surface area (Å²) in [5.74, 6) is 0. The summed E-state index contributed by atoms with van der Waals surface area (Å²) in [6.45, 7) is 10.1. The number of hydrogen-bond donors (Lipinski definition) is 1. The monoisotopic (exact) mass is 211 g/mol. The maximum atomic E-state index is 5.69. The van der Waals surface area contributed by atoms with Crippen molar-refractivity contribution in [2.45, 2.75) is 58.1 Å². The predicted molar refractivity (Wildman–Crippen MR) is 65.1 cm³/mol. The van der Waals surface area contributed by atoms with Crippen LogP contribution in [0, 0.1) is 0 Å². The summed E-state index contributed by atoms with van der Waals surface area (Å²) in [6, 6.07) is 0.838. The molecule has 1 saturated carbocycles. The van der Waals surface area contributed by atoms with Gasteiger partial charge in [-0.15, -0.1) is 6.58 Å². The molecule has 1 N–H and O–H groups in total. The van der Waals surface area contributed by atoms with E-state index in [4.69, 9.17) is 4.74 Å². The Balaban J connectivity index is 1.83. The molecule has 0 aliphatic heterocycles. The molecule has 0 heterocycles. The van der Waals surface area contributed by atoms with E-state index in [-0.39, 0.29) is 0 Å². The van der Waals surface area contributed by atoms with E-state index in [0.29, 0.717) is 6.10 Å². The van der Waals surface area contributed by atoms with Crippen LogP contribution >= 0.6 is 0 Å². The first-order valence-corrected chi connectivity index (χ1v) is 6.18. The van der Waals surface area contributed by atoms with E-state index in [9.17, 15) is 0 Å². The van der Waals surface area contributed by atoms with E-state index < -0.39 is 0 Å². The van der Waals surface area contributed by atoms with Crippen molar-refractivity contribution in [1.82, 2.24) is 5.32 Å². The molecular formula is C13H25NO. The maximum absolute atomic E-state index is 5.69. The average molecular weight is 211 g/mol. The normalized spacial score (nSPS) is 17.7. The van der Waals surface area contributed by atoms with Gasteiger partial charge in [-0.25, -0.2) is 0 Å². The molecule has 1 unspecified atom stereocenters. The second-order valence-corrected chi connectivity index (χ2v) is 4.76. The van der Waals surface area contributed by atoms with Gasteiger partial charge in [-0.1, -0.05) is 5.57 Å². The second kappa shape index (κ2) is 7.02. The molecule has 1 aliphatic rings. The molecule has 0 saturated heterocycles. The van der Waals surface area contributed by atoms with Crippen molar-refractivity contribution in [2.24, 2.45) is 0 Å². The fourth-order valence-electron chi connectivity index (χ4n) is 1.50. The molecule has 1 aliphatic carbocycles. The smallest absolute Gasteiger partial charge is 0.0547 e. The lowest BCUT2D eigenvalue weighted by Crippen LogP contribution is -2.19. The van der Waals surface area contributed by atoms with Gasteiger partial charge < -0.3 is 10.1 Å². The summed E-state index contributed by atoms with van der Waals surface area (Å²) < 4.78 is 5.69. The molecule has 0 bridgehead atoms. The van der Waals surface area contributed by atoms with Gasteiger partial charge in [0.1, 0.15) is 0 Å². The Morgan fingerprint density at radius 3 is 2.87 bits per heavy atom. The Bertz CT molecular complexity index is 187. The Hall–Kier alpha value is -0.340. The van der Waals surface area contributed by atoms with E-state index >= 15 is 0 Å². The minimum atomic E-state index is 0.394. The third-order valence-electron chi connectivity index (χ3n) is 2.73. The summed E-state index contributed by atoms with van der Waals surface area (Å²) in [6.07, 6.45) is 6.53. The first kappa shape index (κ1) is 12.7. The summed E-state index contributed by atoms with van der Waals surface area (Å²) in [4.78, 5) is 0. The lowest BCUT2D eigenvalue weighted by atomic mass is 10.2. The molecule has 1 fully saturated rings. The van der Waals surface area contributed by atoms with Crippen LogP contribution in [0.15, 0.2) is 12.2 Å².